The fourth-order valence-electron chi connectivity index (χ4n) is 5.23. The molecule has 0 aliphatic carbocycles. The number of carbonyl (C=O) groups excluding carboxylic acids is 2. The highest BCUT2D eigenvalue weighted by atomic mass is 16.5. The second-order valence-electron chi connectivity index (χ2n) is 10.2. The van der Waals surface area contributed by atoms with Gasteiger partial charge in [0, 0.05) is 68.7 Å². The van der Waals surface area contributed by atoms with E-state index in [0.29, 0.717) is 43.8 Å². The van der Waals surface area contributed by atoms with Gasteiger partial charge in [0.2, 0.25) is 0 Å². The minimum atomic E-state index is -0.440. The van der Waals surface area contributed by atoms with Crippen LogP contribution in [0.3, 0.4) is 0 Å². The van der Waals surface area contributed by atoms with E-state index in [-0.39, 0.29) is 11.8 Å². The van der Waals surface area contributed by atoms with Gasteiger partial charge in [0.15, 0.2) is 0 Å². The number of rotatable bonds is 9. The zero-order valence-corrected chi connectivity index (χ0v) is 21.7. The zero-order chi connectivity index (χ0) is 25.9. The SMILES string of the molecule is Cc1ccc(OCCC(O)CN2CCN(CCN3C(=O)c4cccc5cccc(c45)C3=O)CC2)cc1C. The zero-order valence-electron chi connectivity index (χ0n) is 21.7. The number of aryl methyl sites for hydroxylation is 2. The predicted molar refractivity (Wildman–Crippen MR) is 144 cm³/mol. The lowest BCUT2D eigenvalue weighted by Gasteiger charge is -2.36. The lowest BCUT2D eigenvalue weighted by atomic mass is 9.94. The molecule has 1 fully saturated rings. The number of amides is 2. The number of aliphatic hydroxyl groups is 1. The maximum absolute atomic E-state index is 13.1. The van der Waals surface area contributed by atoms with E-state index >= 15 is 0 Å². The number of piperazine rings is 1. The number of hydrogen-bond donors (Lipinski definition) is 1. The molecule has 0 saturated carbocycles. The Morgan fingerprint density at radius 1 is 0.838 bits per heavy atom. The molecule has 5 rings (SSSR count). The molecule has 0 aromatic heterocycles. The van der Waals surface area contributed by atoms with E-state index in [1.54, 1.807) is 0 Å². The van der Waals surface area contributed by atoms with Gasteiger partial charge in [-0.2, -0.15) is 0 Å². The lowest BCUT2D eigenvalue weighted by molar-refractivity contribution is 0.0499. The Kier molecular flexibility index (Phi) is 7.55. The second-order valence-corrected chi connectivity index (χ2v) is 10.2. The minimum Gasteiger partial charge on any atom is -0.493 e. The van der Waals surface area contributed by atoms with Gasteiger partial charge in [0.25, 0.3) is 11.8 Å². The first-order chi connectivity index (χ1) is 17.9. The molecule has 7 heteroatoms. The summed E-state index contributed by atoms with van der Waals surface area (Å²) in [5, 5.41) is 12.2. The van der Waals surface area contributed by atoms with Crippen LogP contribution in [0.2, 0.25) is 0 Å². The molecule has 1 saturated heterocycles. The van der Waals surface area contributed by atoms with Crippen molar-refractivity contribution in [3.05, 3.63) is 76.9 Å². The molecule has 194 valence electrons. The first-order valence-electron chi connectivity index (χ1n) is 13.1. The molecule has 1 N–H and O–H groups in total. The number of hydrogen-bond acceptors (Lipinski definition) is 6. The number of aliphatic hydroxyl groups excluding tert-OH is 1. The van der Waals surface area contributed by atoms with E-state index in [1.807, 2.05) is 48.5 Å². The number of β-amino-alcohol motifs (C(OH)–C–C–N with tert-alkyl or cyclic N) is 1. The molecule has 1 unspecified atom stereocenters. The fraction of sp³-hybridized carbons (Fsp3) is 0.400. The Labute approximate surface area is 218 Å². The highest BCUT2D eigenvalue weighted by molar-refractivity contribution is 6.25. The van der Waals surface area contributed by atoms with Crippen LogP contribution in [0, 0.1) is 13.8 Å². The monoisotopic (exact) mass is 501 g/mol. The normalized spacial score (nSPS) is 17.4. The molecule has 7 nitrogen and oxygen atoms in total. The van der Waals surface area contributed by atoms with Crippen LogP contribution >= 0.6 is 0 Å². The number of benzene rings is 3. The third kappa shape index (κ3) is 5.54. The Morgan fingerprint density at radius 2 is 1.49 bits per heavy atom. The van der Waals surface area contributed by atoms with E-state index in [9.17, 15) is 14.7 Å². The van der Waals surface area contributed by atoms with Gasteiger partial charge in [-0.15, -0.1) is 0 Å². The molecule has 0 radical (unpaired) electrons. The minimum absolute atomic E-state index is 0.209. The Balaban J connectivity index is 1.06. The second kappa shape index (κ2) is 11.0. The van der Waals surface area contributed by atoms with Crippen LogP contribution in [-0.2, 0) is 0 Å². The van der Waals surface area contributed by atoms with Crippen LogP contribution in [-0.4, -0.2) is 90.1 Å². The van der Waals surface area contributed by atoms with E-state index in [4.69, 9.17) is 4.74 Å². The highest BCUT2D eigenvalue weighted by Gasteiger charge is 2.33. The summed E-state index contributed by atoms with van der Waals surface area (Å²) in [6, 6.07) is 17.3. The van der Waals surface area contributed by atoms with E-state index in [0.717, 1.165) is 42.7 Å². The first-order valence-corrected chi connectivity index (χ1v) is 13.1. The predicted octanol–water partition coefficient (Wildman–Crippen LogP) is 3.50. The first kappa shape index (κ1) is 25.4. The number of nitrogens with zero attached hydrogens (tertiary/aromatic N) is 3. The molecule has 1 atom stereocenters. The van der Waals surface area contributed by atoms with Gasteiger partial charge >= 0.3 is 0 Å². The molecule has 0 spiro atoms. The summed E-state index contributed by atoms with van der Waals surface area (Å²) in [5.41, 5.74) is 3.65. The van der Waals surface area contributed by atoms with Crippen LogP contribution < -0.4 is 4.74 Å². The summed E-state index contributed by atoms with van der Waals surface area (Å²) >= 11 is 0. The van der Waals surface area contributed by atoms with Crippen LogP contribution in [0.4, 0.5) is 0 Å². The standard InChI is InChI=1S/C30H35N3O4/c1-21-9-10-25(19-22(21)2)37-18-11-24(34)20-32-14-12-31(13-15-32)16-17-33-29(35)26-7-3-5-23-6-4-8-27(28(23)26)30(33)36/h3-10,19,24,34H,11-18,20H2,1-2H3. The van der Waals surface area contributed by atoms with Gasteiger partial charge in [-0.1, -0.05) is 30.3 Å². The van der Waals surface area contributed by atoms with Crippen molar-refractivity contribution < 1.29 is 19.4 Å². The highest BCUT2D eigenvalue weighted by Crippen LogP contribution is 2.29. The summed E-state index contributed by atoms with van der Waals surface area (Å²) in [4.78, 5) is 32.2. The summed E-state index contributed by atoms with van der Waals surface area (Å²) in [7, 11) is 0. The molecule has 2 amide bonds. The van der Waals surface area contributed by atoms with Crippen molar-refractivity contribution in [1.29, 1.82) is 0 Å². The molecule has 2 aliphatic rings. The molecule has 3 aromatic carbocycles. The Hall–Kier alpha value is -3.26. The van der Waals surface area contributed by atoms with Gasteiger partial charge in [-0.25, -0.2) is 0 Å². The maximum Gasteiger partial charge on any atom is 0.261 e. The summed E-state index contributed by atoms with van der Waals surface area (Å²) in [6.07, 6.45) is 0.144. The molecule has 0 bridgehead atoms. The van der Waals surface area contributed by atoms with Gasteiger partial charge in [-0.05, 0) is 54.6 Å². The topological polar surface area (TPSA) is 73.3 Å². The molecule has 3 aromatic rings. The molecule has 2 heterocycles. The van der Waals surface area contributed by atoms with Crippen molar-refractivity contribution in [2.75, 3.05) is 52.4 Å². The van der Waals surface area contributed by atoms with Crippen LogP contribution in [0.5, 0.6) is 5.75 Å². The Morgan fingerprint density at radius 3 is 2.14 bits per heavy atom. The van der Waals surface area contributed by atoms with E-state index in [2.05, 4.69) is 29.7 Å². The van der Waals surface area contributed by atoms with Crippen molar-refractivity contribution in [3.63, 3.8) is 0 Å². The Bertz CT molecular complexity index is 1250. The third-order valence-electron chi connectivity index (χ3n) is 7.63. The lowest BCUT2D eigenvalue weighted by Crippen LogP contribution is -2.51. The average Bonchev–Trinajstić information content (AvgIpc) is 2.90. The largest absolute Gasteiger partial charge is 0.493 e. The number of imide groups is 1. The van der Waals surface area contributed by atoms with E-state index < -0.39 is 6.10 Å². The maximum atomic E-state index is 13.1. The van der Waals surface area contributed by atoms with Crippen molar-refractivity contribution >= 4 is 22.6 Å². The summed E-state index contributed by atoms with van der Waals surface area (Å²) < 4.78 is 5.82. The molecule has 2 aliphatic heterocycles. The van der Waals surface area contributed by atoms with Crippen LogP contribution in [0.15, 0.2) is 54.6 Å². The molecule has 37 heavy (non-hydrogen) atoms. The van der Waals surface area contributed by atoms with Gasteiger partial charge < -0.3 is 9.84 Å². The van der Waals surface area contributed by atoms with Gasteiger partial charge in [-0.3, -0.25) is 24.3 Å². The van der Waals surface area contributed by atoms with Gasteiger partial charge in [0.05, 0.1) is 12.7 Å². The number of carbonyl (C=O) groups is 2. The fourth-order valence-corrected chi connectivity index (χ4v) is 5.23. The van der Waals surface area contributed by atoms with Crippen LogP contribution in [0.25, 0.3) is 10.8 Å². The molecular weight excluding hydrogens is 466 g/mol. The summed E-state index contributed by atoms with van der Waals surface area (Å²) in [5.74, 6) is 0.424. The third-order valence-corrected chi connectivity index (χ3v) is 7.63. The van der Waals surface area contributed by atoms with Crippen molar-refractivity contribution in [1.82, 2.24) is 14.7 Å². The quantitative estimate of drug-likeness (QED) is 0.453. The van der Waals surface area contributed by atoms with Crippen molar-refractivity contribution in [2.45, 2.75) is 26.4 Å². The molecular formula is C30H35N3O4. The van der Waals surface area contributed by atoms with Crippen LogP contribution in [0.1, 0.15) is 38.3 Å². The average molecular weight is 502 g/mol. The summed E-state index contributed by atoms with van der Waals surface area (Å²) in [6.45, 7) is 9.65. The van der Waals surface area contributed by atoms with E-state index in [1.165, 1.54) is 16.0 Å². The number of ether oxygens (including phenoxy) is 1. The van der Waals surface area contributed by atoms with Crippen molar-refractivity contribution in [3.8, 4) is 5.75 Å². The smallest absolute Gasteiger partial charge is 0.261 e. The van der Waals surface area contributed by atoms with Gasteiger partial charge in [0.1, 0.15) is 5.75 Å². The van der Waals surface area contributed by atoms with Crippen molar-refractivity contribution in [2.24, 2.45) is 0 Å².